The molecule has 0 unspecified atom stereocenters. The summed E-state index contributed by atoms with van der Waals surface area (Å²) in [5, 5.41) is 1.14. The lowest BCUT2D eigenvalue weighted by molar-refractivity contribution is 0.332. The van der Waals surface area contributed by atoms with Crippen molar-refractivity contribution in [1.82, 2.24) is 0 Å². The van der Waals surface area contributed by atoms with E-state index in [-0.39, 0.29) is 44.8 Å². The second-order valence-electron chi connectivity index (χ2n) is 32.1. The third-order valence-electron chi connectivity index (χ3n) is 20.7. The van der Waals surface area contributed by atoms with E-state index in [1.165, 1.54) is 89.0 Å². The Bertz CT molecular complexity index is 4380. The Morgan fingerprint density at radius 1 is 0.420 bits per heavy atom. The van der Waals surface area contributed by atoms with Crippen molar-refractivity contribution in [2.45, 2.75) is 175 Å². The van der Waals surface area contributed by atoms with Crippen molar-refractivity contribution in [3.8, 4) is 33.4 Å². The number of hydrogen-bond donors (Lipinski definition) is 0. The molecular formula is C83H88BN3O. The molecule has 0 bridgehead atoms. The molecule has 1 aromatic heterocycles. The summed E-state index contributed by atoms with van der Waals surface area (Å²) in [6.45, 7) is 42.1. The molecule has 2 aliphatic heterocycles. The van der Waals surface area contributed by atoms with Crippen LogP contribution in [0.15, 0.2) is 186 Å². The standard InChI is InChI=1S/C83H88BN3O/c1-77(2,3)52-28-35-56(36-29-52)85(57-37-30-53(31-38-57)78(4,5)6)59-47-63-60-41-42-66-72(61-26-22-23-27-65(61)83(66,17)18)74(60)87(58-39-32-54(33-40-58)79(7,8)9)84-73(63)70(48-59)86(69-43-34-55(80(10,11)12)46-62(69)51-24-20-19-21-25-51)75-64-49-67-68(50-71(64)88-76(75)84)82(15,16)45-44-81(67,13)14/h19-43,46-50H,44-45H2,1-18H3. The van der Waals surface area contributed by atoms with Crippen LogP contribution in [-0.4, -0.2) is 6.85 Å². The van der Waals surface area contributed by atoms with E-state index in [0.29, 0.717) is 0 Å². The number of benzene rings is 9. The fourth-order valence-corrected chi connectivity index (χ4v) is 15.3. The van der Waals surface area contributed by atoms with Crippen LogP contribution >= 0.6 is 0 Å². The van der Waals surface area contributed by atoms with Crippen LogP contribution in [0.2, 0.25) is 0 Å². The Morgan fingerprint density at radius 2 is 0.955 bits per heavy atom. The molecule has 9 aromatic carbocycles. The monoisotopic (exact) mass is 1150 g/mol. The summed E-state index contributed by atoms with van der Waals surface area (Å²) in [6.07, 6.45) is 2.21. The maximum atomic E-state index is 8.02. The molecular weight excluding hydrogens is 1070 g/mol. The highest BCUT2D eigenvalue weighted by atomic mass is 16.3. The van der Waals surface area contributed by atoms with E-state index in [0.717, 1.165) is 69.3 Å². The molecule has 0 N–H and O–H groups in total. The predicted octanol–water partition coefficient (Wildman–Crippen LogP) is 22.1. The van der Waals surface area contributed by atoms with Crippen LogP contribution < -0.4 is 25.7 Å². The van der Waals surface area contributed by atoms with Crippen LogP contribution in [0.1, 0.15) is 182 Å². The molecule has 14 rings (SSSR count). The van der Waals surface area contributed by atoms with E-state index in [2.05, 4.69) is 321 Å². The van der Waals surface area contributed by atoms with Gasteiger partial charge in [0, 0.05) is 61.6 Å². The molecule has 0 saturated heterocycles. The van der Waals surface area contributed by atoms with Gasteiger partial charge in [-0.1, -0.05) is 234 Å². The molecule has 4 aliphatic rings. The molecule has 2 aliphatic carbocycles. The van der Waals surface area contributed by atoms with Crippen LogP contribution in [0.25, 0.3) is 44.3 Å². The Labute approximate surface area is 525 Å². The average molecular weight is 1150 g/mol. The molecule has 4 nitrogen and oxygen atoms in total. The SMILES string of the molecule is CC(C)(C)c1ccc(N2B3c4oc5cc6c(cc5c4N(c4ccc(C(C)(C)C)cc4-c4ccccc4)c4cc(N(c5ccc(C(C)(C)C)cc5)c5ccc(C(C)(C)C)cc5)cc(c43)-c3ccc4c(c32)-c2ccccc2C4(C)C)C(C)(C)CCC6(C)C)cc1. The second kappa shape index (κ2) is 19.5. The smallest absolute Gasteiger partial charge is 0.375 e. The number of rotatable bonds is 6. The Balaban J connectivity index is 1.18. The molecule has 0 spiro atoms. The summed E-state index contributed by atoms with van der Waals surface area (Å²) < 4.78 is 8.02. The molecule has 0 fully saturated rings. The summed E-state index contributed by atoms with van der Waals surface area (Å²) in [4.78, 5) is 7.89. The van der Waals surface area contributed by atoms with Crippen molar-refractivity contribution in [2.75, 3.05) is 14.6 Å². The van der Waals surface area contributed by atoms with E-state index in [1.807, 2.05) is 0 Å². The quantitative estimate of drug-likeness (QED) is 0.155. The van der Waals surface area contributed by atoms with Gasteiger partial charge >= 0.3 is 6.85 Å². The van der Waals surface area contributed by atoms with Crippen molar-refractivity contribution in [3.05, 3.63) is 226 Å². The first-order chi connectivity index (χ1) is 41.4. The van der Waals surface area contributed by atoms with Crippen LogP contribution in [-0.2, 0) is 37.9 Å². The highest BCUT2D eigenvalue weighted by Gasteiger charge is 2.52. The fraction of sp³-hybridized carbons (Fsp3) is 0.325. The molecule has 5 heteroatoms. The summed E-state index contributed by atoms with van der Waals surface area (Å²) in [5.74, 6) is 0. The van der Waals surface area contributed by atoms with Crippen LogP contribution in [0, 0.1) is 0 Å². The molecule has 444 valence electrons. The van der Waals surface area contributed by atoms with Gasteiger partial charge in [-0.15, -0.1) is 0 Å². The van der Waals surface area contributed by atoms with Crippen molar-refractivity contribution in [2.24, 2.45) is 0 Å². The van der Waals surface area contributed by atoms with Gasteiger partial charge in [0.1, 0.15) is 11.2 Å². The molecule has 3 heterocycles. The minimum atomic E-state index is -0.384. The zero-order valence-corrected chi connectivity index (χ0v) is 55.6. The second-order valence-corrected chi connectivity index (χ2v) is 32.1. The van der Waals surface area contributed by atoms with Crippen molar-refractivity contribution < 1.29 is 4.42 Å². The van der Waals surface area contributed by atoms with Crippen molar-refractivity contribution in [3.63, 3.8) is 0 Å². The van der Waals surface area contributed by atoms with Gasteiger partial charge in [-0.25, -0.2) is 0 Å². The third kappa shape index (κ3) is 9.05. The molecule has 0 radical (unpaired) electrons. The number of hydrogen-bond acceptors (Lipinski definition) is 4. The van der Waals surface area contributed by atoms with E-state index in [4.69, 9.17) is 4.42 Å². The van der Waals surface area contributed by atoms with E-state index >= 15 is 0 Å². The lowest BCUT2D eigenvalue weighted by Crippen LogP contribution is -2.61. The predicted molar refractivity (Wildman–Crippen MR) is 378 cm³/mol. The van der Waals surface area contributed by atoms with Crippen LogP contribution in [0.5, 0.6) is 0 Å². The topological polar surface area (TPSA) is 22.9 Å². The summed E-state index contributed by atoms with van der Waals surface area (Å²) in [6, 6.07) is 70.9. The van der Waals surface area contributed by atoms with Gasteiger partial charge in [-0.3, -0.25) is 0 Å². The van der Waals surface area contributed by atoms with Gasteiger partial charge < -0.3 is 19.0 Å². The number of nitrogens with zero attached hydrogens (tertiary/aromatic N) is 3. The average Bonchev–Trinajstić information content (AvgIpc) is 1.32. The first kappa shape index (κ1) is 57.7. The van der Waals surface area contributed by atoms with E-state index < -0.39 is 0 Å². The molecule has 0 saturated carbocycles. The molecule has 10 aromatic rings. The van der Waals surface area contributed by atoms with E-state index in [1.54, 1.807) is 0 Å². The highest BCUT2D eigenvalue weighted by molar-refractivity contribution is 6.93. The van der Waals surface area contributed by atoms with E-state index in [9.17, 15) is 0 Å². The first-order valence-electron chi connectivity index (χ1n) is 32.4. The normalized spacial score (nSPS) is 16.2. The Morgan fingerprint density at radius 3 is 1.53 bits per heavy atom. The minimum absolute atomic E-state index is 0.0202. The molecule has 0 atom stereocenters. The first-order valence-corrected chi connectivity index (χ1v) is 32.4. The minimum Gasteiger partial charge on any atom is -0.466 e. The van der Waals surface area contributed by atoms with Gasteiger partial charge in [0.25, 0.3) is 0 Å². The van der Waals surface area contributed by atoms with Gasteiger partial charge in [-0.2, -0.15) is 0 Å². The highest BCUT2D eigenvalue weighted by Crippen LogP contribution is 2.60. The maximum absolute atomic E-state index is 8.02. The van der Waals surface area contributed by atoms with Gasteiger partial charge in [0.2, 0.25) is 0 Å². The summed E-state index contributed by atoms with van der Waals surface area (Å²) in [7, 11) is 0. The molecule has 0 amide bonds. The fourth-order valence-electron chi connectivity index (χ4n) is 15.3. The van der Waals surface area contributed by atoms with Crippen molar-refractivity contribution in [1.29, 1.82) is 0 Å². The van der Waals surface area contributed by atoms with Crippen molar-refractivity contribution >= 4 is 74.4 Å². The Kier molecular flexibility index (Phi) is 12.8. The Hall–Kier alpha value is -8.02. The molecule has 88 heavy (non-hydrogen) atoms. The maximum Gasteiger partial charge on any atom is 0.375 e. The largest absolute Gasteiger partial charge is 0.466 e. The number of furan rings is 1. The number of fused-ring (bicyclic) bond motifs is 11. The summed E-state index contributed by atoms with van der Waals surface area (Å²) >= 11 is 0. The summed E-state index contributed by atoms with van der Waals surface area (Å²) in [5.41, 5.74) is 29.6. The zero-order chi connectivity index (χ0) is 62.2. The van der Waals surface area contributed by atoms with Crippen LogP contribution in [0.3, 0.4) is 0 Å². The van der Waals surface area contributed by atoms with Gasteiger partial charge in [0.05, 0.1) is 11.4 Å². The van der Waals surface area contributed by atoms with Gasteiger partial charge in [-0.05, 0) is 185 Å². The zero-order valence-electron chi connectivity index (χ0n) is 55.6. The lowest BCUT2D eigenvalue weighted by atomic mass is 9.45. The van der Waals surface area contributed by atoms with Crippen LogP contribution in [0.4, 0.5) is 45.5 Å². The number of anilines is 8. The third-order valence-corrected chi connectivity index (χ3v) is 20.7. The lowest BCUT2D eigenvalue weighted by Gasteiger charge is -2.46. The van der Waals surface area contributed by atoms with Gasteiger partial charge in [0.15, 0.2) is 0 Å².